The number of hydrogen-bond acceptors (Lipinski definition) is 4. The van der Waals surface area contributed by atoms with Gasteiger partial charge in [0.1, 0.15) is 6.61 Å². The first-order valence-corrected chi connectivity index (χ1v) is 10.8. The van der Waals surface area contributed by atoms with Crippen molar-refractivity contribution in [3.63, 3.8) is 0 Å². The Balaban J connectivity index is 1.91. The van der Waals surface area contributed by atoms with Crippen molar-refractivity contribution in [3.05, 3.63) is 70.9 Å². The maximum absolute atomic E-state index is 13.2. The smallest absolute Gasteiger partial charge is 0.253 e. The summed E-state index contributed by atoms with van der Waals surface area (Å²) in [6.45, 7) is 7.55. The molecule has 6 nitrogen and oxygen atoms in total. The molecule has 0 saturated heterocycles. The van der Waals surface area contributed by atoms with Crippen LogP contribution < -0.4 is 20.1 Å². The molecule has 0 unspecified atom stereocenters. The van der Waals surface area contributed by atoms with E-state index >= 15 is 0 Å². The second-order valence-electron chi connectivity index (χ2n) is 7.23. The Morgan fingerprint density at radius 2 is 1.81 bits per heavy atom. The molecule has 0 spiro atoms. The first kappa shape index (κ1) is 22.6. The quantitative estimate of drug-likeness (QED) is 0.608. The van der Waals surface area contributed by atoms with Gasteiger partial charge in [-0.25, -0.2) is 0 Å². The number of carbonyl (C=O) groups is 1. The monoisotopic (exact) mass is 439 g/mol. The average Bonchev–Trinajstić information content (AvgIpc) is 2.78. The lowest BCUT2D eigenvalue weighted by molar-refractivity contribution is -0.127. The van der Waals surface area contributed by atoms with Crippen molar-refractivity contribution in [3.8, 4) is 11.5 Å². The molecule has 164 valence electrons. The summed E-state index contributed by atoms with van der Waals surface area (Å²) < 4.78 is 11.6. The summed E-state index contributed by atoms with van der Waals surface area (Å²) in [5.74, 6) is 1.23. The van der Waals surface area contributed by atoms with Crippen molar-refractivity contribution < 1.29 is 14.3 Å². The van der Waals surface area contributed by atoms with Gasteiger partial charge in [0.15, 0.2) is 16.6 Å². The number of nitrogens with zero attached hydrogens (tertiary/aromatic N) is 1. The van der Waals surface area contributed by atoms with Crippen LogP contribution in [0, 0.1) is 0 Å². The van der Waals surface area contributed by atoms with E-state index in [-0.39, 0.29) is 11.9 Å². The summed E-state index contributed by atoms with van der Waals surface area (Å²) in [5.41, 5.74) is 3.36. The van der Waals surface area contributed by atoms with Crippen LogP contribution in [0.5, 0.6) is 11.5 Å². The maximum atomic E-state index is 13.2. The summed E-state index contributed by atoms with van der Waals surface area (Å²) in [6, 6.07) is 15.3. The number of amides is 1. The standard InChI is InChI=1S/C24H29N3O3S/c1-5-27(6-2)23(28)21-16(3)25-24(31)26-22(21)18-12-13-19(20(14-18)29-4)30-15-17-10-8-7-9-11-17/h7-14,22H,5-6,15H2,1-4H3,(H2,25,26,31)/t22-/m0/s1. The lowest BCUT2D eigenvalue weighted by Crippen LogP contribution is -2.47. The lowest BCUT2D eigenvalue weighted by Gasteiger charge is -2.33. The van der Waals surface area contributed by atoms with Gasteiger partial charge in [0, 0.05) is 18.8 Å². The molecule has 0 aromatic heterocycles. The van der Waals surface area contributed by atoms with E-state index < -0.39 is 0 Å². The molecule has 7 heteroatoms. The van der Waals surface area contributed by atoms with Gasteiger partial charge in [-0.2, -0.15) is 0 Å². The number of thiocarbonyl (C=S) groups is 1. The van der Waals surface area contributed by atoms with Crippen LogP contribution >= 0.6 is 12.2 Å². The van der Waals surface area contributed by atoms with Crippen molar-refractivity contribution in [2.24, 2.45) is 0 Å². The topological polar surface area (TPSA) is 62.8 Å². The van der Waals surface area contributed by atoms with Crippen LogP contribution in [0.2, 0.25) is 0 Å². The predicted molar refractivity (Wildman–Crippen MR) is 126 cm³/mol. The van der Waals surface area contributed by atoms with Crippen molar-refractivity contribution in [2.45, 2.75) is 33.4 Å². The highest BCUT2D eigenvalue weighted by atomic mass is 32.1. The maximum Gasteiger partial charge on any atom is 0.253 e. The first-order valence-electron chi connectivity index (χ1n) is 10.4. The van der Waals surface area contributed by atoms with Gasteiger partial charge in [0.2, 0.25) is 0 Å². The Bertz CT molecular complexity index is 971. The third-order valence-corrected chi connectivity index (χ3v) is 5.53. The Morgan fingerprint density at radius 3 is 2.45 bits per heavy atom. The SMILES string of the molecule is CCN(CC)C(=O)C1=C(C)NC(=S)N[C@H]1c1ccc(OCc2ccccc2)c(OC)c1. The van der Waals surface area contributed by atoms with Crippen molar-refractivity contribution in [1.29, 1.82) is 0 Å². The molecule has 1 amide bonds. The van der Waals surface area contributed by atoms with Crippen LogP contribution in [-0.4, -0.2) is 36.1 Å². The molecule has 31 heavy (non-hydrogen) atoms. The van der Waals surface area contributed by atoms with E-state index in [1.165, 1.54) is 0 Å². The Kier molecular flexibility index (Phi) is 7.52. The molecule has 2 aromatic rings. The van der Waals surface area contributed by atoms with Gasteiger partial charge in [-0.15, -0.1) is 0 Å². The van der Waals surface area contributed by atoms with Gasteiger partial charge < -0.3 is 25.0 Å². The molecule has 0 saturated carbocycles. The van der Waals surface area contributed by atoms with Crippen LogP contribution in [0.3, 0.4) is 0 Å². The zero-order chi connectivity index (χ0) is 22.4. The van der Waals surface area contributed by atoms with E-state index in [1.807, 2.05) is 69.3 Å². The molecule has 1 atom stereocenters. The molecular weight excluding hydrogens is 410 g/mol. The number of hydrogen-bond donors (Lipinski definition) is 2. The van der Waals surface area contributed by atoms with Crippen LogP contribution in [0.15, 0.2) is 59.8 Å². The van der Waals surface area contributed by atoms with E-state index in [0.717, 1.165) is 16.8 Å². The number of benzene rings is 2. The predicted octanol–water partition coefficient (Wildman–Crippen LogP) is 3.94. The molecule has 0 bridgehead atoms. The van der Waals surface area contributed by atoms with E-state index in [2.05, 4.69) is 10.6 Å². The normalized spacial score (nSPS) is 15.7. The highest BCUT2D eigenvalue weighted by Gasteiger charge is 2.32. The van der Waals surface area contributed by atoms with Gasteiger partial charge in [-0.3, -0.25) is 4.79 Å². The number of nitrogens with one attached hydrogen (secondary N) is 2. The fourth-order valence-corrected chi connectivity index (χ4v) is 3.90. The van der Waals surface area contributed by atoms with Crippen LogP contribution in [0.4, 0.5) is 0 Å². The van der Waals surface area contributed by atoms with Crippen LogP contribution in [-0.2, 0) is 11.4 Å². The molecule has 0 radical (unpaired) electrons. The first-order chi connectivity index (χ1) is 15.0. The molecule has 3 rings (SSSR count). The Labute approximate surface area is 189 Å². The van der Waals surface area contributed by atoms with Gasteiger partial charge in [0.05, 0.1) is 18.7 Å². The molecule has 1 heterocycles. The zero-order valence-electron chi connectivity index (χ0n) is 18.4. The lowest BCUT2D eigenvalue weighted by atomic mass is 9.94. The molecule has 0 fully saturated rings. The Morgan fingerprint density at radius 1 is 1.10 bits per heavy atom. The Hall–Kier alpha value is -3.06. The summed E-state index contributed by atoms with van der Waals surface area (Å²) in [7, 11) is 1.61. The summed E-state index contributed by atoms with van der Waals surface area (Å²) in [5, 5.41) is 6.82. The van der Waals surface area contributed by atoms with Crippen molar-refractivity contribution in [2.75, 3.05) is 20.2 Å². The van der Waals surface area contributed by atoms with Crippen LogP contribution in [0.25, 0.3) is 0 Å². The molecule has 1 aliphatic heterocycles. The van der Waals surface area contributed by atoms with Gasteiger partial charge in [0.25, 0.3) is 5.91 Å². The number of methoxy groups -OCH3 is 1. The van der Waals surface area contributed by atoms with Crippen molar-refractivity contribution in [1.82, 2.24) is 15.5 Å². The summed E-state index contributed by atoms with van der Waals surface area (Å²) in [4.78, 5) is 15.0. The van der Waals surface area contributed by atoms with Crippen LogP contribution in [0.1, 0.15) is 37.9 Å². The second kappa shape index (κ2) is 10.3. The largest absolute Gasteiger partial charge is 0.493 e. The molecule has 1 aliphatic rings. The minimum atomic E-state index is -0.376. The molecule has 2 N–H and O–H groups in total. The number of carbonyl (C=O) groups excluding carboxylic acids is 1. The number of rotatable bonds is 8. The van der Waals surface area contributed by atoms with Gasteiger partial charge in [-0.1, -0.05) is 36.4 Å². The van der Waals surface area contributed by atoms with E-state index in [0.29, 0.717) is 41.9 Å². The minimum absolute atomic E-state index is 0.0154. The molecule has 0 aliphatic carbocycles. The molecular formula is C24H29N3O3S. The van der Waals surface area contributed by atoms with Gasteiger partial charge >= 0.3 is 0 Å². The van der Waals surface area contributed by atoms with E-state index in [9.17, 15) is 4.79 Å². The highest BCUT2D eigenvalue weighted by molar-refractivity contribution is 7.80. The molecule has 2 aromatic carbocycles. The van der Waals surface area contributed by atoms with Crippen molar-refractivity contribution >= 4 is 23.2 Å². The summed E-state index contributed by atoms with van der Waals surface area (Å²) in [6.07, 6.45) is 0. The summed E-state index contributed by atoms with van der Waals surface area (Å²) >= 11 is 5.37. The fourth-order valence-electron chi connectivity index (χ4n) is 3.63. The number of allylic oxidation sites excluding steroid dienone is 1. The zero-order valence-corrected chi connectivity index (χ0v) is 19.2. The third-order valence-electron chi connectivity index (χ3n) is 5.31. The third kappa shape index (κ3) is 5.17. The average molecular weight is 440 g/mol. The minimum Gasteiger partial charge on any atom is -0.493 e. The van der Waals surface area contributed by atoms with E-state index in [1.54, 1.807) is 12.0 Å². The highest BCUT2D eigenvalue weighted by Crippen LogP contribution is 2.35. The van der Waals surface area contributed by atoms with E-state index in [4.69, 9.17) is 21.7 Å². The second-order valence-corrected chi connectivity index (χ2v) is 7.64. The fraction of sp³-hybridized carbons (Fsp3) is 0.333. The number of ether oxygens (including phenoxy) is 2. The number of likely N-dealkylation sites (N-methyl/N-ethyl adjacent to an activating group) is 1. The van der Waals surface area contributed by atoms with Gasteiger partial charge in [-0.05, 0) is 56.2 Å².